The van der Waals surface area contributed by atoms with Gasteiger partial charge in [0.15, 0.2) is 0 Å². The molecule has 1 heterocycles. The lowest BCUT2D eigenvalue weighted by atomic mass is 10.0. The van der Waals surface area contributed by atoms with E-state index < -0.39 is 11.8 Å². The molecular weight excluding hydrogens is 350 g/mol. The average Bonchev–Trinajstić information content (AvgIpc) is 3.30. The molecule has 1 aromatic rings. The van der Waals surface area contributed by atoms with Crippen LogP contribution in [0, 0.1) is 5.41 Å². The predicted octanol–water partition coefficient (Wildman–Crippen LogP) is 4.05. The summed E-state index contributed by atoms with van der Waals surface area (Å²) >= 11 is 3.45. The van der Waals surface area contributed by atoms with Crippen molar-refractivity contribution >= 4 is 15.9 Å². The Balaban J connectivity index is 1.40. The zero-order valence-electron chi connectivity index (χ0n) is 12.7. The minimum Gasteiger partial charge on any atom is -0.313 e. The van der Waals surface area contributed by atoms with Crippen LogP contribution in [-0.4, -0.2) is 37.0 Å². The maximum Gasteiger partial charge on any atom is 0.245 e. The Labute approximate surface area is 139 Å². The number of nitrogens with zero attached hydrogens (tertiary/aromatic N) is 1. The van der Waals surface area contributed by atoms with Crippen LogP contribution in [0.2, 0.25) is 0 Å². The number of hydrogen-bond donors (Lipinski definition) is 1. The monoisotopic (exact) mass is 372 g/mol. The molecule has 2 fully saturated rings. The van der Waals surface area contributed by atoms with E-state index in [2.05, 4.69) is 50.4 Å². The van der Waals surface area contributed by atoms with Crippen molar-refractivity contribution in [3.63, 3.8) is 0 Å². The zero-order valence-corrected chi connectivity index (χ0v) is 14.3. The lowest BCUT2D eigenvalue weighted by Crippen LogP contribution is -2.44. The Bertz CT molecular complexity index is 480. The van der Waals surface area contributed by atoms with Crippen molar-refractivity contribution in [2.24, 2.45) is 5.41 Å². The van der Waals surface area contributed by atoms with Crippen LogP contribution >= 0.6 is 15.9 Å². The van der Waals surface area contributed by atoms with Crippen LogP contribution in [0.15, 0.2) is 28.7 Å². The van der Waals surface area contributed by atoms with Crippen molar-refractivity contribution in [1.82, 2.24) is 10.2 Å². The predicted molar refractivity (Wildman–Crippen MR) is 88.1 cm³/mol. The van der Waals surface area contributed by atoms with Gasteiger partial charge in [0.1, 0.15) is 0 Å². The molecule has 1 aliphatic carbocycles. The molecule has 1 aliphatic heterocycles. The summed E-state index contributed by atoms with van der Waals surface area (Å²) in [7, 11) is 0. The zero-order chi connectivity index (χ0) is 15.6. The number of halogens is 3. The number of piperidine rings is 1. The second-order valence-electron chi connectivity index (χ2n) is 6.72. The Kier molecular flexibility index (Phi) is 5.15. The van der Waals surface area contributed by atoms with Crippen LogP contribution in [0.4, 0.5) is 8.78 Å². The molecule has 0 aromatic heterocycles. The smallest absolute Gasteiger partial charge is 0.245 e. The van der Waals surface area contributed by atoms with Crippen molar-refractivity contribution in [2.75, 3.05) is 19.6 Å². The molecular formula is C17H23BrF2N2. The molecule has 2 aliphatic rings. The van der Waals surface area contributed by atoms with Gasteiger partial charge in [-0.3, -0.25) is 4.90 Å². The quantitative estimate of drug-likeness (QED) is 0.810. The third-order valence-corrected chi connectivity index (χ3v) is 5.53. The van der Waals surface area contributed by atoms with Crippen molar-refractivity contribution < 1.29 is 8.78 Å². The second kappa shape index (κ2) is 6.93. The molecule has 0 radical (unpaired) electrons. The molecule has 122 valence electrons. The molecule has 22 heavy (non-hydrogen) atoms. The first-order valence-electron chi connectivity index (χ1n) is 8.06. The minimum atomic E-state index is -2.17. The van der Waals surface area contributed by atoms with Gasteiger partial charge in [0, 0.05) is 29.0 Å². The van der Waals surface area contributed by atoms with E-state index in [1.54, 1.807) is 0 Å². The number of alkyl halides is 2. The van der Waals surface area contributed by atoms with Crippen LogP contribution in [0.5, 0.6) is 0 Å². The third-order valence-electron chi connectivity index (χ3n) is 5.00. The van der Waals surface area contributed by atoms with Crippen LogP contribution in [0.3, 0.4) is 0 Å². The summed E-state index contributed by atoms with van der Waals surface area (Å²) in [5, 5.41) is 3.38. The summed E-state index contributed by atoms with van der Waals surface area (Å²) in [6.45, 7) is 3.54. The first kappa shape index (κ1) is 16.3. The third kappa shape index (κ3) is 4.06. The van der Waals surface area contributed by atoms with Gasteiger partial charge >= 0.3 is 0 Å². The molecule has 1 N–H and O–H groups in total. The molecule has 1 saturated carbocycles. The lowest BCUT2D eigenvalue weighted by Gasteiger charge is -2.33. The fourth-order valence-electron chi connectivity index (χ4n) is 3.12. The van der Waals surface area contributed by atoms with Gasteiger partial charge in [0.25, 0.3) is 0 Å². The SMILES string of the molecule is FC(F)C1(CNC2CCN(Cc3ccc(Br)cc3)CC2)CC1. The lowest BCUT2D eigenvalue weighted by molar-refractivity contribution is 0.0574. The molecule has 1 saturated heterocycles. The van der Waals surface area contributed by atoms with Gasteiger partial charge in [-0.15, -0.1) is 0 Å². The van der Waals surface area contributed by atoms with E-state index in [1.807, 2.05) is 0 Å². The Hall–Kier alpha value is -0.520. The first-order chi connectivity index (χ1) is 10.6. The highest BCUT2D eigenvalue weighted by Crippen LogP contribution is 2.50. The van der Waals surface area contributed by atoms with E-state index in [9.17, 15) is 8.78 Å². The Morgan fingerprint density at radius 2 is 1.82 bits per heavy atom. The summed E-state index contributed by atoms with van der Waals surface area (Å²) in [5.74, 6) is 0. The highest BCUT2D eigenvalue weighted by Gasteiger charge is 2.50. The first-order valence-corrected chi connectivity index (χ1v) is 8.85. The van der Waals surface area contributed by atoms with Gasteiger partial charge in [0.2, 0.25) is 6.43 Å². The van der Waals surface area contributed by atoms with Crippen LogP contribution in [0.25, 0.3) is 0 Å². The number of benzene rings is 1. The molecule has 0 bridgehead atoms. The van der Waals surface area contributed by atoms with Gasteiger partial charge in [0.05, 0.1) is 0 Å². The fraction of sp³-hybridized carbons (Fsp3) is 0.647. The molecule has 3 rings (SSSR count). The van der Waals surface area contributed by atoms with E-state index >= 15 is 0 Å². The molecule has 0 amide bonds. The van der Waals surface area contributed by atoms with Crippen LogP contribution in [-0.2, 0) is 6.54 Å². The number of nitrogens with one attached hydrogen (secondary N) is 1. The number of likely N-dealkylation sites (tertiary alicyclic amines) is 1. The largest absolute Gasteiger partial charge is 0.313 e. The van der Waals surface area contributed by atoms with Gasteiger partial charge in [-0.25, -0.2) is 8.78 Å². The van der Waals surface area contributed by atoms with Gasteiger partial charge in [-0.2, -0.15) is 0 Å². The van der Waals surface area contributed by atoms with E-state index in [0.29, 0.717) is 25.4 Å². The standard InChI is InChI=1S/C17H23BrF2N2/c18-14-3-1-13(2-4-14)11-22-9-5-15(6-10-22)21-12-17(7-8-17)16(19)20/h1-4,15-16,21H,5-12H2. The topological polar surface area (TPSA) is 15.3 Å². The van der Waals surface area contributed by atoms with Gasteiger partial charge in [-0.1, -0.05) is 28.1 Å². The fourth-order valence-corrected chi connectivity index (χ4v) is 3.39. The minimum absolute atomic E-state index is 0.400. The molecule has 0 spiro atoms. The summed E-state index contributed by atoms with van der Waals surface area (Å²) in [5.41, 5.74) is 0.624. The normalized spacial score (nSPS) is 22.2. The van der Waals surface area contributed by atoms with Crippen molar-refractivity contribution in [1.29, 1.82) is 0 Å². The maximum absolute atomic E-state index is 12.9. The van der Waals surface area contributed by atoms with Crippen molar-refractivity contribution in [2.45, 2.75) is 44.7 Å². The molecule has 5 heteroatoms. The second-order valence-corrected chi connectivity index (χ2v) is 7.64. The van der Waals surface area contributed by atoms with Crippen LogP contribution < -0.4 is 5.32 Å². The van der Waals surface area contributed by atoms with E-state index in [1.165, 1.54) is 5.56 Å². The number of rotatable bonds is 6. The molecule has 2 nitrogen and oxygen atoms in total. The summed E-state index contributed by atoms with van der Waals surface area (Å²) in [4.78, 5) is 2.45. The summed E-state index contributed by atoms with van der Waals surface area (Å²) < 4.78 is 26.9. The number of hydrogen-bond acceptors (Lipinski definition) is 2. The highest BCUT2D eigenvalue weighted by atomic mass is 79.9. The van der Waals surface area contributed by atoms with E-state index in [4.69, 9.17) is 0 Å². The van der Waals surface area contributed by atoms with Crippen molar-refractivity contribution in [3.05, 3.63) is 34.3 Å². The Morgan fingerprint density at radius 3 is 2.36 bits per heavy atom. The van der Waals surface area contributed by atoms with Gasteiger partial charge < -0.3 is 5.32 Å². The molecule has 0 unspecified atom stereocenters. The van der Waals surface area contributed by atoms with Gasteiger partial charge in [-0.05, 0) is 56.5 Å². The van der Waals surface area contributed by atoms with E-state index in [-0.39, 0.29) is 0 Å². The summed E-state index contributed by atoms with van der Waals surface area (Å²) in [6.07, 6.45) is 1.30. The molecule has 0 atom stereocenters. The van der Waals surface area contributed by atoms with Crippen molar-refractivity contribution in [3.8, 4) is 0 Å². The van der Waals surface area contributed by atoms with Crippen LogP contribution in [0.1, 0.15) is 31.2 Å². The molecule has 1 aromatic carbocycles. The Morgan fingerprint density at radius 1 is 1.18 bits per heavy atom. The average molecular weight is 373 g/mol. The highest BCUT2D eigenvalue weighted by molar-refractivity contribution is 9.10. The van der Waals surface area contributed by atoms with E-state index in [0.717, 1.165) is 36.9 Å². The summed E-state index contributed by atoms with van der Waals surface area (Å²) in [6, 6.07) is 8.84. The maximum atomic E-state index is 12.9.